The summed E-state index contributed by atoms with van der Waals surface area (Å²) >= 11 is 0. The van der Waals surface area contributed by atoms with E-state index in [-0.39, 0.29) is 11.5 Å². The first kappa shape index (κ1) is 22.1. The zero-order valence-corrected chi connectivity index (χ0v) is 18.6. The quantitative estimate of drug-likeness (QED) is 0.351. The SMILES string of the molecule is CCN(C(=O)c1ccc(NC=C2C(=O)OC(C)(C)OC2=O)cc1)c1cccc2ccccc12. The Labute approximate surface area is 191 Å². The third kappa shape index (κ3) is 4.57. The molecular formula is C26H24N2O5. The van der Waals surface area contributed by atoms with Crippen LogP contribution in [0.15, 0.2) is 78.5 Å². The van der Waals surface area contributed by atoms with E-state index in [0.29, 0.717) is 17.8 Å². The van der Waals surface area contributed by atoms with E-state index < -0.39 is 17.7 Å². The van der Waals surface area contributed by atoms with Gasteiger partial charge in [-0.3, -0.25) is 4.79 Å². The van der Waals surface area contributed by atoms with Gasteiger partial charge < -0.3 is 19.7 Å². The fraction of sp³-hybridized carbons (Fsp3) is 0.192. The van der Waals surface area contributed by atoms with Gasteiger partial charge in [0.2, 0.25) is 0 Å². The minimum Gasteiger partial charge on any atom is -0.419 e. The number of nitrogens with zero attached hydrogens (tertiary/aromatic N) is 1. The second-order valence-electron chi connectivity index (χ2n) is 8.01. The van der Waals surface area contributed by atoms with Gasteiger partial charge in [-0.25, -0.2) is 9.59 Å². The van der Waals surface area contributed by atoms with Crippen LogP contribution >= 0.6 is 0 Å². The maximum Gasteiger partial charge on any atom is 0.350 e. The second kappa shape index (κ2) is 8.78. The molecule has 4 rings (SSSR count). The molecule has 0 aliphatic carbocycles. The van der Waals surface area contributed by atoms with Crippen LogP contribution in [0.2, 0.25) is 0 Å². The topological polar surface area (TPSA) is 84.9 Å². The third-order valence-electron chi connectivity index (χ3n) is 5.25. The van der Waals surface area contributed by atoms with Gasteiger partial charge in [-0.1, -0.05) is 36.4 Å². The number of hydrogen-bond donors (Lipinski definition) is 1. The zero-order valence-electron chi connectivity index (χ0n) is 18.6. The Morgan fingerprint density at radius 3 is 2.24 bits per heavy atom. The molecule has 7 nitrogen and oxygen atoms in total. The van der Waals surface area contributed by atoms with Gasteiger partial charge in [-0.15, -0.1) is 0 Å². The molecule has 3 aromatic rings. The number of ether oxygens (including phenoxy) is 2. The van der Waals surface area contributed by atoms with Crippen LogP contribution in [0.25, 0.3) is 10.8 Å². The van der Waals surface area contributed by atoms with Gasteiger partial charge in [-0.05, 0) is 42.6 Å². The number of amides is 1. The molecule has 0 atom stereocenters. The highest BCUT2D eigenvalue weighted by Crippen LogP contribution is 2.28. The van der Waals surface area contributed by atoms with Crippen LogP contribution in [-0.2, 0) is 19.1 Å². The molecule has 1 saturated heterocycles. The number of carbonyl (C=O) groups excluding carboxylic acids is 3. The summed E-state index contributed by atoms with van der Waals surface area (Å²) in [6.45, 7) is 5.42. The number of carbonyl (C=O) groups is 3. The molecule has 168 valence electrons. The van der Waals surface area contributed by atoms with E-state index in [2.05, 4.69) is 5.32 Å². The summed E-state index contributed by atoms with van der Waals surface area (Å²) in [4.78, 5) is 39.1. The summed E-state index contributed by atoms with van der Waals surface area (Å²) in [6, 6.07) is 20.6. The summed E-state index contributed by atoms with van der Waals surface area (Å²) in [5.74, 6) is -2.93. The lowest BCUT2D eigenvalue weighted by molar-refractivity contribution is -0.222. The predicted molar refractivity (Wildman–Crippen MR) is 126 cm³/mol. The van der Waals surface area contributed by atoms with Crippen LogP contribution in [-0.4, -0.2) is 30.2 Å². The Kier molecular flexibility index (Phi) is 5.87. The molecular weight excluding hydrogens is 420 g/mol. The number of esters is 2. The molecule has 7 heteroatoms. The third-order valence-corrected chi connectivity index (χ3v) is 5.25. The average molecular weight is 444 g/mol. The summed E-state index contributed by atoms with van der Waals surface area (Å²) < 4.78 is 10.1. The Hall–Kier alpha value is -4.13. The number of cyclic esters (lactones) is 2. The van der Waals surface area contributed by atoms with E-state index in [1.807, 2.05) is 49.4 Å². The fourth-order valence-electron chi connectivity index (χ4n) is 3.67. The molecule has 1 aliphatic heterocycles. The summed E-state index contributed by atoms with van der Waals surface area (Å²) in [5, 5.41) is 4.95. The Bertz CT molecular complexity index is 1230. The van der Waals surface area contributed by atoms with Gasteiger partial charge in [0.1, 0.15) is 0 Å². The van der Waals surface area contributed by atoms with Crippen LogP contribution in [0.4, 0.5) is 11.4 Å². The first-order chi connectivity index (χ1) is 15.8. The Morgan fingerprint density at radius 1 is 0.939 bits per heavy atom. The van der Waals surface area contributed by atoms with Crippen LogP contribution in [0.3, 0.4) is 0 Å². The first-order valence-electron chi connectivity index (χ1n) is 10.6. The highest BCUT2D eigenvalue weighted by Gasteiger charge is 2.38. The summed E-state index contributed by atoms with van der Waals surface area (Å²) in [7, 11) is 0. The van der Waals surface area contributed by atoms with Crippen molar-refractivity contribution in [2.45, 2.75) is 26.6 Å². The molecule has 0 aromatic heterocycles. The maximum absolute atomic E-state index is 13.3. The Balaban J connectivity index is 1.52. The van der Waals surface area contributed by atoms with E-state index in [1.165, 1.54) is 20.0 Å². The number of hydrogen-bond acceptors (Lipinski definition) is 6. The second-order valence-corrected chi connectivity index (χ2v) is 8.01. The lowest BCUT2D eigenvalue weighted by atomic mass is 10.1. The van der Waals surface area contributed by atoms with E-state index in [4.69, 9.17) is 9.47 Å². The number of fused-ring (bicyclic) bond motifs is 1. The molecule has 0 radical (unpaired) electrons. The van der Waals surface area contributed by atoms with Crippen LogP contribution < -0.4 is 10.2 Å². The van der Waals surface area contributed by atoms with Crippen molar-refractivity contribution in [3.63, 3.8) is 0 Å². The number of benzene rings is 3. The minimum absolute atomic E-state index is 0.125. The largest absolute Gasteiger partial charge is 0.419 e. The van der Waals surface area contributed by atoms with Crippen molar-refractivity contribution in [3.05, 3.63) is 84.1 Å². The van der Waals surface area contributed by atoms with E-state index in [9.17, 15) is 14.4 Å². The molecule has 0 bridgehead atoms. The predicted octanol–water partition coefficient (Wildman–Crippen LogP) is 4.64. The molecule has 1 N–H and O–H groups in total. The molecule has 0 spiro atoms. The van der Waals surface area contributed by atoms with Crippen molar-refractivity contribution in [1.29, 1.82) is 0 Å². The van der Waals surface area contributed by atoms with Gasteiger partial charge in [0, 0.05) is 43.2 Å². The van der Waals surface area contributed by atoms with Crippen LogP contribution in [0.1, 0.15) is 31.1 Å². The van der Waals surface area contributed by atoms with Crippen molar-refractivity contribution in [2.75, 3.05) is 16.8 Å². The smallest absolute Gasteiger partial charge is 0.350 e. The highest BCUT2D eigenvalue weighted by atomic mass is 16.7. The number of rotatable bonds is 5. The van der Waals surface area contributed by atoms with Crippen LogP contribution in [0.5, 0.6) is 0 Å². The zero-order chi connectivity index (χ0) is 23.6. The van der Waals surface area contributed by atoms with Gasteiger partial charge in [0.05, 0.1) is 5.69 Å². The highest BCUT2D eigenvalue weighted by molar-refractivity contribution is 6.15. The van der Waals surface area contributed by atoms with E-state index in [0.717, 1.165) is 16.5 Å². The van der Waals surface area contributed by atoms with E-state index in [1.54, 1.807) is 29.2 Å². The van der Waals surface area contributed by atoms with Crippen molar-refractivity contribution in [2.24, 2.45) is 0 Å². The fourth-order valence-corrected chi connectivity index (χ4v) is 3.67. The van der Waals surface area contributed by atoms with Gasteiger partial charge in [0.25, 0.3) is 11.7 Å². The average Bonchev–Trinajstić information content (AvgIpc) is 2.79. The van der Waals surface area contributed by atoms with Crippen molar-refractivity contribution < 1.29 is 23.9 Å². The summed E-state index contributed by atoms with van der Waals surface area (Å²) in [6.07, 6.45) is 1.24. The minimum atomic E-state index is -1.29. The molecule has 3 aromatic carbocycles. The standard InChI is InChI=1S/C26H24N2O5/c1-4-28(22-11-7-9-17-8-5-6-10-20(17)22)23(29)18-12-14-19(15-13-18)27-16-21-24(30)32-26(2,3)33-25(21)31/h5-16,27H,4H2,1-3H3. The molecule has 0 unspecified atom stereocenters. The van der Waals surface area contributed by atoms with Gasteiger partial charge in [0.15, 0.2) is 5.57 Å². The van der Waals surface area contributed by atoms with Crippen molar-refractivity contribution >= 4 is 40.0 Å². The summed E-state index contributed by atoms with van der Waals surface area (Å²) in [5.41, 5.74) is 1.73. The normalized spacial score (nSPS) is 14.9. The molecule has 1 aliphatic rings. The molecule has 33 heavy (non-hydrogen) atoms. The molecule has 0 saturated carbocycles. The molecule has 1 fully saturated rings. The monoisotopic (exact) mass is 444 g/mol. The van der Waals surface area contributed by atoms with Crippen LogP contribution in [0, 0.1) is 0 Å². The van der Waals surface area contributed by atoms with Gasteiger partial charge in [-0.2, -0.15) is 0 Å². The van der Waals surface area contributed by atoms with Crippen molar-refractivity contribution in [3.8, 4) is 0 Å². The lowest BCUT2D eigenvalue weighted by Crippen LogP contribution is -2.42. The van der Waals surface area contributed by atoms with Gasteiger partial charge >= 0.3 is 11.9 Å². The van der Waals surface area contributed by atoms with Crippen molar-refractivity contribution in [1.82, 2.24) is 0 Å². The van der Waals surface area contributed by atoms with E-state index >= 15 is 0 Å². The number of anilines is 2. The lowest BCUT2D eigenvalue weighted by Gasteiger charge is -2.29. The Morgan fingerprint density at radius 2 is 1.58 bits per heavy atom. The molecule has 1 heterocycles. The molecule has 1 amide bonds. The number of nitrogens with one attached hydrogen (secondary N) is 1. The maximum atomic E-state index is 13.3. The first-order valence-corrected chi connectivity index (χ1v) is 10.6.